The SMILES string of the molecule is O=C(O)C1(C(F)c2ccc(O)cc2)CC1. The minimum absolute atomic E-state index is 0.0473. The average molecular weight is 210 g/mol. The molecule has 80 valence electrons. The van der Waals surface area contributed by atoms with Crippen LogP contribution in [0.15, 0.2) is 24.3 Å². The summed E-state index contributed by atoms with van der Waals surface area (Å²) in [6.45, 7) is 0. The Hall–Kier alpha value is -1.58. The van der Waals surface area contributed by atoms with Crippen molar-refractivity contribution in [3.63, 3.8) is 0 Å². The fraction of sp³-hybridized carbons (Fsp3) is 0.364. The van der Waals surface area contributed by atoms with E-state index in [-0.39, 0.29) is 5.75 Å². The number of hydrogen-bond acceptors (Lipinski definition) is 2. The lowest BCUT2D eigenvalue weighted by molar-refractivity contribution is -0.146. The highest BCUT2D eigenvalue weighted by Gasteiger charge is 2.57. The van der Waals surface area contributed by atoms with Crippen molar-refractivity contribution in [2.24, 2.45) is 5.41 Å². The molecule has 0 aliphatic heterocycles. The van der Waals surface area contributed by atoms with Crippen LogP contribution in [0.2, 0.25) is 0 Å². The molecule has 0 bridgehead atoms. The summed E-state index contributed by atoms with van der Waals surface area (Å²) in [6, 6.07) is 5.56. The van der Waals surface area contributed by atoms with Gasteiger partial charge in [0, 0.05) is 0 Å². The Morgan fingerprint density at radius 3 is 2.27 bits per heavy atom. The minimum atomic E-state index is -1.49. The van der Waals surface area contributed by atoms with Crippen LogP contribution in [0.3, 0.4) is 0 Å². The van der Waals surface area contributed by atoms with Gasteiger partial charge in [-0.15, -0.1) is 0 Å². The molecule has 15 heavy (non-hydrogen) atoms. The smallest absolute Gasteiger partial charge is 0.312 e. The van der Waals surface area contributed by atoms with Gasteiger partial charge in [0.2, 0.25) is 0 Å². The fourth-order valence-corrected chi connectivity index (χ4v) is 1.67. The van der Waals surface area contributed by atoms with Gasteiger partial charge in [-0.25, -0.2) is 4.39 Å². The molecule has 0 heterocycles. The van der Waals surface area contributed by atoms with Gasteiger partial charge in [0.05, 0.1) is 0 Å². The lowest BCUT2D eigenvalue weighted by atomic mass is 9.94. The van der Waals surface area contributed by atoms with E-state index in [1.807, 2.05) is 0 Å². The van der Waals surface area contributed by atoms with Crippen LogP contribution in [0.1, 0.15) is 24.6 Å². The Morgan fingerprint density at radius 2 is 1.87 bits per heavy atom. The maximum Gasteiger partial charge on any atom is 0.312 e. The second-order valence-electron chi connectivity index (χ2n) is 3.92. The van der Waals surface area contributed by atoms with E-state index in [0.717, 1.165) is 0 Å². The molecule has 0 spiro atoms. The van der Waals surface area contributed by atoms with Gasteiger partial charge in [0.1, 0.15) is 17.3 Å². The van der Waals surface area contributed by atoms with E-state index in [1.54, 1.807) is 0 Å². The van der Waals surface area contributed by atoms with E-state index >= 15 is 0 Å². The predicted molar refractivity (Wildman–Crippen MR) is 51.3 cm³/mol. The largest absolute Gasteiger partial charge is 0.508 e. The molecule has 2 N–H and O–H groups in total. The topological polar surface area (TPSA) is 57.5 Å². The van der Waals surface area contributed by atoms with Gasteiger partial charge in [-0.1, -0.05) is 12.1 Å². The quantitative estimate of drug-likeness (QED) is 0.804. The summed E-state index contributed by atoms with van der Waals surface area (Å²) in [6.07, 6.45) is -0.732. The van der Waals surface area contributed by atoms with Crippen LogP contribution < -0.4 is 0 Å². The first-order valence-corrected chi connectivity index (χ1v) is 4.73. The summed E-state index contributed by atoms with van der Waals surface area (Å²) in [7, 11) is 0. The standard InChI is InChI=1S/C11H11FO3/c12-9(11(5-6-11)10(14)15)7-1-3-8(13)4-2-7/h1-4,9,13H,5-6H2,(H,14,15). The van der Waals surface area contributed by atoms with Crippen LogP contribution >= 0.6 is 0 Å². The minimum Gasteiger partial charge on any atom is -0.508 e. The van der Waals surface area contributed by atoms with Gasteiger partial charge in [-0.3, -0.25) is 4.79 Å². The zero-order valence-corrected chi connectivity index (χ0v) is 7.98. The maximum absolute atomic E-state index is 13.9. The zero-order chi connectivity index (χ0) is 11.1. The molecule has 0 saturated heterocycles. The molecule has 1 aromatic carbocycles. The number of carboxylic acid groups (broad SMARTS) is 1. The number of aromatic hydroxyl groups is 1. The summed E-state index contributed by atoms with van der Waals surface area (Å²) >= 11 is 0. The Balaban J connectivity index is 2.25. The molecule has 4 heteroatoms. The van der Waals surface area contributed by atoms with Crippen molar-refractivity contribution in [3.05, 3.63) is 29.8 Å². The number of halogens is 1. The molecule has 1 atom stereocenters. The number of phenols is 1. The van der Waals surface area contributed by atoms with Crippen molar-refractivity contribution >= 4 is 5.97 Å². The number of benzene rings is 1. The molecular weight excluding hydrogens is 199 g/mol. The molecule has 0 radical (unpaired) electrons. The number of aliphatic carboxylic acids is 1. The van der Waals surface area contributed by atoms with E-state index in [4.69, 9.17) is 10.2 Å². The van der Waals surface area contributed by atoms with Crippen molar-refractivity contribution in [2.75, 3.05) is 0 Å². The third-order valence-corrected chi connectivity index (χ3v) is 2.89. The highest BCUT2D eigenvalue weighted by molar-refractivity contribution is 5.79. The molecule has 2 rings (SSSR count). The Bertz CT molecular complexity index is 381. The van der Waals surface area contributed by atoms with E-state index < -0.39 is 17.6 Å². The summed E-state index contributed by atoms with van der Waals surface area (Å²) in [5.74, 6) is -1.03. The molecular formula is C11H11FO3. The lowest BCUT2D eigenvalue weighted by Crippen LogP contribution is -2.20. The molecule has 1 fully saturated rings. The van der Waals surface area contributed by atoms with Crippen molar-refractivity contribution in [1.29, 1.82) is 0 Å². The lowest BCUT2D eigenvalue weighted by Gasteiger charge is -2.15. The van der Waals surface area contributed by atoms with Gasteiger partial charge in [0.15, 0.2) is 0 Å². The molecule has 1 saturated carbocycles. The van der Waals surface area contributed by atoms with Gasteiger partial charge >= 0.3 is 5.97 Å². The first kappa shape index (κ1) is 9.96. The van der Waals surface area contributed by atoms with E-state index in [2.05, 4.69) is 0 Å². The number of carboxylic acids is 1. The molecule has 1 aromatic rings. The molecule has 0 amide bonds. The van der Waals surface area contributed by atoms with Crippen molar-refractivity contribution < 1.29 is 19.4 Å². The summed E-state index contributed by atoms with van der Waals surface area (Å²) in [4.78, 5) is 10.9. The third-order valence-electron chi connectivity index (χ3n) is 2.89. The average Bonchev–Trinajstić information content (AvgIpc) is 2.98. The fourth-order valence-electron chi connectivity index (χ4n) is 1.67. The normalized spacial score (nSPS) is 19.5. The van der Waals surface area contributed by atoms with Crippen LogP contribution in [0.25, 0.3) is 0 Å². The number of rotatable bonds is 3. The van der Waals surface area contributed by atoms with Gasteiger partial charge in [-0.2, -0.15) is 0 Å². The zero-order valence-electron chi connectivity index (χ0n) is 7.98. The summed E-state index contributed by atoms with van der Waals surface area (Å²) in [5, 5.41) is 17.9. The van der Waals surface area contributed by atoms with Crippen LogP contribution in [0.4, 0.5) is 4.39 Å². The Kier molecular flexibility index (Phi) is 2.14. The highest BCUT2D eigenvalue weighted by Crippen LogP contribution is 2.57. The van der Waals surface area contributed by atoms with Crippen LogP contribution in [-0.4, -0.2) is 16.2 Å². The van der Waals surface area contributed by atoms with E-state index in [1.165, 1.54) is 24.3 Å². The van der Waals surface area contributed by atoms with Gasteiger partial charge < -0.3 is 10.2 Å². The predicted octanol–water partition coefficient (Wildman–Crippen LogP) is 2.27. The first-order chi connectivity index (χ1) is 7.06. The summed E-state index contributed by atoms with van der Waals surface area (Å²) < 4.78 is 13.9. The first-order valence-electron chi connectivity index (χ1n) is 4.73. The second kappa shape index (κ2) is 3.22. The number of carbonyl (C=O) groups is 1. The number of hydrogen-bond donors (Lipinski definition) is 2. The van der Waals surface area contributed by atoms with Crippen molar-refractivity contribution in [2.45, 2.75) is 19.0 Å². The number of phenolic OH excluding ortho intramolecular Hbond substituents is 1. The molecule has 0 aromatic heterocycles. The Labute approximate surface area is 86.2 Å². The molecule has 1 aliphatic rings. The van der Waals surface area contributed by atoms with Crippen LogP contribution in [-0.2, 0) is 4.79 Å². The van der Waals surface area contributed by atoms with E-state index in [9.17, 15) is 9.18 Å². The monoisotopic (exact) mass is 210 g/mol. The molecule has 1 unspecified atom stereocenters. The molecule has 3 nitrogen and oxygen atoms in total. The van der Waals surface area contributed by atoms with Crippen molar-refractivity contribution in [1.82, 2.24) is 0 Å². The summed E-state index contributed by atoms with van der Waals surface area (Å²) in [5.41, 5.74) is -0.913. The van der Waals surface area contributed by atoms with Crippen LogP contribution in [0, 0.1) is 5.41 Å². The van der Waals surface area contributed by atoms with Gasteiger partial charge in [0.25, 0.3) is 0 Å². The van der Waals surface area contributed by atoms with E-state index in [0.29, 0.717) is 18.4 Å². The van der Waals surface area contributed by atoms with Crippen molar-refractivity contribution in [3.8, 4) is 5.75 Å². The van der Waals surface area contributed by atoms with Gasteiger partial charge in [-0.05, 0) is 30.5 Å². The third kappa shape index (κ3) is 1.56. The van der Waals surface area contributed by atoms with Crippen LogP contribution in [0.5, 0.6) is 5.75 Å². The highest BCUT2D eigenvalue weighted by atomic mass is 19.1. The maximum atomic E-state index is 13.9. The Morgan fingerprint density at radius 1 is 1.33 bits per heavy atom. The molecule has 1 aliphatic carbocycles. The number of alkyl halides is 1. The second-order valence-corrected chi connectivity index (χ2v) is 3.92.